The molecule has 1 saturated carbocycles. The molecule has 0 aromatic rings. The molecule has 2 N–H and O–H groups in total. The van der Waals surface area contributed by atoms with Crippen LogP contribution in [0.15, 0.2) is 0 Å². The molecule has 0 bridgehead atoms. The molecule has 18 heavy (non-hydrogen) atoms. The highest BCUT2D eigenvalue weighted by Gasteiger charge is 2.28. The number of nitrogens with zero attached hydrogens (tertiary/aromatic N) is 1. The van der Waals surface area contributed by atoms with Crippen molar-refractivity contribution < 1.29 is 9.53 Å². The van der Waals surface area contributed by atoms with Crippen molar-refractivity contribution in [1.29, 1.82) is 0 Å². The molecule has 1 aliphatic carbocycles. The molecule has 2 rings (SSSR count). The summed E-state index contributed by atoms with van der Waals surface area (Å²) < 4.78 is 5.36. The van der Waals surface area contributed by atoms with E-state index in [0.717, 1.165) is 38.8 Å². The minimum atomic E-state index is 0.225. The number of piperidine rings is 1. The Morgan fingerprint density at radius 2 is 2.06 bits per heavy atom. The van der Waals surface area contributed by atoms with E-state index in [1.54, 1.807) is 7.11 Å². The third-order valence-corrected chi connectivity index (χ3v) is 4.47. The molecule has 2 aliphatic rings. The van der Waals surface area contributed by atoms with Crippen LogP contribution in [0.5, 0.6) is 0 Å². The Kier molecular flexibility index (Phi) is 5.01. The summed E-state index contributed by atoms with van der Waals surface area (Å²) in [5, 5.41) is 0. The molecule has 4 heteroatoms. The van der Waals surface area contributed by atoms with Crippen molar-refractivity contribution in [2.24, 2.45) is 11.7 Å². The first-order chi connectivity index (χ1) is 8.70. The summed E-state index contributed by atoms with van der Waals surface area (Å²) in [7, 11) is 1.73. The number of nitrogens with two attached hydrogens (primary N) is 1. The van der Waals surface area contributed by atoms with Crippen LogP contribution in [-0.4, -0.2) is 43.2 Å². The quantitative estimate of drug-likeness (QED) is 0.831. The molecule has 1 saturated heterocycles. The summed E-state index contributed by atoms with van der Waals surface area (Å²) in [6.45, 7) is 1.65. The molecule has 4 nitrogen and oxygen atoms in total. The Balaban J connectivity index is 1.83. The molecule has 0 aromatic heterocycles. The van der Waals surface area contributed by atoms with Gasteiger partial charge in [-0.05, 0) is 31.6 Å². The van der Waals surface area contributed by atoms with E-state index in [2.05, 4.69) is 0 Å². The Hall–Kier alpha value is -0.610. The number of rotatable bonds is 3. The van der Waals surface area contributed by atoms with E-state index in [4.69, 9.17) is 10.5 Å². The van der Waals surface area contributed by atoms with Crippen molar-refractivity contribution in [3.05, 3.63) is 0 Å². The van der Waals surface area contributed by atoms with Gasteiger partial charge < -0.3 is 15.4 Å². The number of hydrogen-bond acceptors (Lipinski definition) is 3. The maximum Gasteiger partial charge on any atom is 0.222 e. The van der Waals surface area contributed by atoms with E-state index in [-0.39, 0.29) is 18.1 Å². The van der Waals surface area contributed by atoms with Gasteiger partial charge in [0.25, 0.3) is 0 Å². The average molecular weight is 254 g/mol. The third kappa shape index (κ3) is 3.45. The first-order valence-corrected chi connectivity index (χ1v) is 7.27. The summed E-state index contributed by atoms with van der Waals surface area (Å²) in [5.74, 6) is 0.674. The van der Waals surface area contributed by atoms with Crippen molar-refractivity contribution >= 4 is 5.91 Å². The van der Waals surface area contributed by atoms with Gasteiger partial charge in [-0.2, -0.15) is 0 Å². The van der Waals surface area contributed by atoms with E-state index in [0.29, 0.717) is 12.3 Å². The van der Waals surface area contributed by atoms with Crippen LogP contribution in [0.3, 0.4) is 0 Å². The topological polar surface area (TPSA) is 55.6 Å². The smallest absolute Gasteiger partial charge is 0.222 e. The molecule has 1 amide bonds. The number of amides is 1. The van der Waals surface area contributed by atoms with E-state index in [1.807, 2.05) is 4.90 Å². The minimum absolute atomic E-state index is 0.225. The van der Waals surface area contributed by atoms with Gasteiger partial charge in [0.2, 0.25) is 5.91 Å². The number of carbonyl (C=O) groups excluding carboxylic acids is 1. The number of hydrogen-bond donors (Lipinski definition) is 1. The molecular weight excluding hydrogens is 228 g/mol. The summed E-state index contributed by atoms with van der Waals surface area (Å²) in [4.78, 5) is 14.3. The zero-order valence-electron chi connectivity index (χ0n) is 11.4. The normalized spacial score (nSPS) is 33.4. The molecule has 1 heterocycles. The standard InChI is InChI=1S/C14H26N2O2/c1-18-12-6-4-8-16(10-12)14(17)9-11-5-2-3-7-13(11)15/h11-13H,2-10,15H2,1H3. The number of ether oxygens (including phenoxy) is 1. The molecule has 0 aromatic carbocycles. The number of likely N-dealkylation sites (tertiary alicyclic amines) is 1. The molecule has 3 unspecified atom stereocenters. The zero-order valence-corrected chi connectivity index (χ0v) is 11.4. The molecule has 3 atom stereocenters. The first-order valence-electron chi connectivity index (χ1n) is 7.27. The molecule has 1 aliphatic heterocycles. The lowest BCUT2D eigenvalue weighted by Crippen LogP contribution is -2.45. The van der Waals surface area contributed by atoms with Crippen LogP contribution in [0.4, 0.5) is 0 Å². The fourth-order valence-corrected chi connectivity index (χ4v) is 3.20. The van der Waals surface area contributed by atoms with Crippen LogP contribution in [0.2, 0.25) is 0 Å². The van der Waals surface area contributed by atoms with E-state index in [9.17, 15) is 4.79 Å². The summed E-state index contributed by atoms with van der Waals surface area (Å²) >= 11 is 0. The van der Waals surface area contributed by atoms with Crippen LogP contribution in [0, 0.1) is 5.92 Å². The first kappa shape index (κ1) is 13.8. The zero-order chi connectivity index (χ0) is 13.0. The van der Waals surface area contributed by atoms with Gasteiger partial charge in [0.15, 0.2) is 0 Å². The van der Waals surface area contributed by atoms with E-state index < -0.39 is 0 Å². The van der Waals surface area contributed by atoms with Gasteiger partial charge in [-0.3, -0.25) is 4.79 Å². The third-order valence-electron chi connectivity index (χ3n) is 4.47. The second-order valence-electron chi connectivity index (χ2n) is 5.75. The van der Waals surface area contributed by atoms with Gasteiger partial charge in [0.05, 0.1) is 6.10 Å². The molecule has 2 fully saturated rings. The van der Waals surface area contributed by atoms with Gasteiger partial charge in [-0.15, -0.1) is 0 Å². The highest BCUT2D eigenvalue weighted by molar-refractivity contribution is 5.76. The largest absolute Gasteiger partial charge is 0.380 e. The van der Waals surface area contributed by atoms with Crippen LogP contribution >= 0.6 is 0 Å². The van der Waals surface area contributed by atoms with Gasteiger partial charge in [0.1, 0.15) is 0 Å². The minimum Gasteiger partial charge on any atom is -0.380 e. The molecule has 0 radical (unpaired) electrons. The van der Waals surface area contributed by atoms with Crippen LogP contribution < -0.4 is 5.73 Å². The second-order valence-corrected chi connectivity index (χ2v) is 5.75. The molecule has 0 spiro atoms. The van der Waals surface area contributed by atoms with Gasteiger partial charge >= 0.3 is 0 Å². The van der Waals surface area contributed by atoms with Crippen LogP contribution in [0.25, 0.3) is 0 Å². The van der Waals surface area contributed by atoms with E-state index in [1.165, 1.54) is 12.8 Å². The maximum atomic E-state index is 12.3. The molecule has 104 valence electrons. The fraction of sp³-hybridized carbons (Fsp3) is 0.929. The summed E-state index contributed by atoms with van der Waals surface area (Å²) in [6, 6.07) is 0.228. The monoisotopic (exact) mass is 254 g/mol. The fourth-order valence-electron chi connectivity index (χ4n) is 3.20. The highest BCUT2D eigenvalue weighted by Crippen LogP contribution is 2.26. The number of methoxy groups -OCH3 is 1. The van der Waals surface area contributed by atoms with Crippen molar-refractivity contribution in [1.82, 2.24) is 4.90 Å². The predicted molar refractivity (Wildman–Crippen MR) is 71.2 cm³/mol. The lowest BCUT2D eigenvalue weighted by molar-refractivity contribution is -0.136. The Bertz CT molecular complexity index is 283. The summed E-state index contributed by atoms with van der Waals surface area (Å²) in [5.41, 5.74) is 6.11. The van der Waals surface area contributed by atoms with Crippen molar-refractivity contribution in [3.8, 4) is 0 Å². The van der Waals surface area contributed by atoms with Crippen molar-refractivity contribution in [3.63, 3.8) is 0 Å². The highest BCUT2D eigenvalue weighted by atomic mass is 16.5. The maximum absolute atomic E-state index is 12.3. The van der Waals surface area contributed by atoms with Crippen molar-refractivity contribution in [2.75, 3.05) is 20.2 Å². The van der Waals surface area contributed by atoms with Gasteiger partial charge in [-0.1, -0.05) is 12.8 Å². The summed E-state index contributed by atoms with van der Waals surface area (Å²) in [6.07, 6.45) is 7.64. The van der Waals surface area contributed by atoms with Crippen LogP contribution in [-0.2, 0) is 9.53 Å². The SMILES string of the molecule is COC1CCCN(C(=O)CC2CCCCC2N)C1. The average Bonchev–Trinajstić information content (AvgIpc) is 2.41. The second kappa shape index (κ2) is 6.53. The molecular formula is C14H26N2O2. The van der Waals surface area contributed by atoms with Crippen molar-refractivity contribution in [2.45, 2.75) is 57.1 Å². The Morgan fingerprint density at radius 3 is 2.78 bits per heavy atom. The van der Waals surface area contributed by atoms with Crippen LogP contribution in [0.1, 0.15) is 44.9 Å². The van der Waals surface area contributed by atoms with Gasteiger partial charge in [0, 0.05) is 32.7 Å². The predicted octanol–water partition coefficient (Wildman–Crippen LogP) is 1.53. The lowest BCUT2D eigenvalue weighted by atomic mass is 9.82. The number of carbonyl (C=O) groups is 1. The van der Waals surface area contributed by atoms with E-state index >= 15 is 0 Å². The Morgan fingerprint density at radius 1 is 1.28 bits per heavy atom. The Labute approximate surface area is 110 Å². The van der Waals surface area contributed by atoms with Gasteiger partial charge in [-0.25, -0.2) is 0 Å². The lowest BCUT2D eigenvalue weighted by Gasteiger charge is -2.34.